The molecule has 0 amide bonds. The van der Waals surface area contributed by atoms with Crippen LogP contribution in [0.5, 0.6) is 11.5 Å². The number of rotatable bonds is 13. The van der Waals surface area contributed by atoms with Gasteiger partial charge in [-0.3, -0.25) is 0 Å². The van der Waals surface area contributed by atoms with E-state index in [0.717, 1.165) is 62.0 Å². The van der Waals surface area contributed by atoms with Crippen molar-refractivity contribution in [2.75, 3.05) is 36.9 Å². The number of nitrogens with one attached hydrogen (secondary N) is 2. The smallest absolute Gasteiger partial charge is 0.119 e. The highest BCUT2D eigenvalue weighted by molar-refractivity contribution is 5.48. The minimum atomic E-state index is 0.669. The Morgan fingerprint density at radius 3 is 1.29 bits per heavy atom. The van der Waals surface area contributed by atoms with E-state index in [1.54, 1.807) is 0 Å². The van der Waals surface area contributed by atoms with Crippen LogP contribution in [0.4, 0.5) is 11.4 Å². The fourth-order valence-corrected chi connectivity index (χ4v) is 2.58. The van der Waals surface area contributed by atoms with Gasteiger partial charge in [-0.15, -0.1) is 0 Å². The summed E-state index contributed by atoms with van der Waals surface area (Å²) in [6.45, 7) is 12.1. The molecule has 0 aliphatic heterocycles. The average Bonchev–Trinajstić information content (AvgIpc) is 2.67. The van der Waals surface area contributed by atoms with Gasteiger partial charge in [-0.1, -0.05) is 27.7 Å². The minimum absolute atomic E-state index is 0.669. The van der Waals surface area contributed by atoms with Crippen LogP contribution >= 0.6 is 0 Å². The first-order chi connectivity index (χ1) is 13.5. The third-order valence-electron chi connectivity index (χ3n) is 4.42. The fraction of sp³-hybridized carbons (Fsp3) is 0.500. The van der Waals surface area contributed by atoms with Crippen molar-refractivity contribution < 1.29 is 9.47 Å². The Kier molecular flexibility index (Phi) is 9.53. The maximum atomic E-state index is 5.75. The summed E-state index contributed by atoms with van der Waals surface area (Å²) in [5, 5.41) is 6.85. The standard InChI is InChI=1S/C24H36N2O2/c1-19(2)13-17-27-23-9-5-21(6-10-23)25-15-16-26-22-7-11-24(12-8-22)28-18-14-20(3)4/h5-12,19-20,25-26H,13-18H2,1-4H3. The fourth-order valence-electron chi connectivity index (χ4n) is 2.58. The highest BCUT2D eigenvalue weighted by atomic mass is 16.5. The molecule has 154 valence electrons. The number of hydrogen-bond acceptors (Lipinski definition) is 4. The van der Waals surface area contributed by atoms with Gasteiger partial charge in [0.2, 0.25) is 0 Å². The van der Waals surface area contributed by atoms with Crippen molar-refractivity contribution in [3.63, 3.8) is 0 Å². The first-order valence-electron chi connectivity index (χ1n) is 10.5. The van der Waals surface area contributed by atoms with Gasteiger partial charge in [0.05, 0.1) is 13.2 Å². The molecule has 2 rings (SSSR count). The first kappa shape index (κ1) is 21.9. The van der Waals surface area contributed by atoms with Crippen LogP contribution in [-0.4, -0.2) is 26.3 Å². The van der Waals surface area contributed by atoms with E-state index in [-0.39, 0.29) is 0 Å². The molecule has 0 atom stereocenters. The average molecular weight is 385 g/mol. The summed E-state index contributed by atoms with van der Waals surface area (Å²) in [4.78, 5) is 0. The lowest BCUT2D eigenvalue weighted by Crippen LogP contribution is -2.13. The quantitative estimate of drug-likeness (QED) is 0.412. The highest BCUT2D eigenvalue weighted by Crippen LogP contribution is 2.17. The molecular weight excluding hydrogens is 348 g/mol. The Labute approximate surface area is 170 Å². The van der Waals surface area contributed by atoms with Gasteiger partial charge >= 0.3 is 0 Å². The summed E-state index contributed by atoms with van der Waals surface area (Å²) < 4.78 is 11.5. The largest absolute Gasteiger partial charge is 0.494 e. The maximum absolute atomic E-state index is 5.75. The van der Waals surface area contributed by atoms with E-state index in [9.17, 15) is 0 Å². The van der Waals surface area contributed by atoms with Crippen molar-refractivity contribution in [1.29, 1.82) is 0 Å². The van der Waals surface area contributed by atoms with E-state index in [0.29, 0.717) is 11.8 Å². The molecule has 2 N–H and O–H groups in total. The van der Waals surface area contributed by atoms with Crippen molar-refractivity contribution in [1.82, 2.24) is 0 Å². The molecule has 0 unspecified atom stereocenters. The second kappa shape index (κ2) is 12.2. The summed E-state index contributed by atoms with van der Waals surface area (Å²) in [5.74, 6) is 3.20. The molecule has 0 radical (unpaired) electrons. The van der Waals surface area contributed by atoms with Gasteiger partial charge in [0.1, 0.15) is 11.5 Å². The molecule has 0 spiro atoms. The van der Waals surface area contributed by atoms with Crippen molar-refractivity contribution in [2.45, 2.75) is 40.5 Å². The Morgan fingerprint density at radius 2 is 0.964 bits per heavy atom. The third kappa shape index (κ3) is 9.03. The molecule has 28 heavy (non-hydrogen) atoms. The van der Waals surface area contributed by atoms with E-state index in [2.05, 4.69) is 62.6 Å². The van der Waals surface area contributed by atoms with Crippen LogP contribution in [-0.2, 0) is 0 Å². The normalized spacial score (nSPS) is 10.9. The zero-order chi connectivity index (χ0) is 20.2. The van der Waals surface area contributed by atoms with Crippen LogP contribution < -0.4 is 20.1 Å². The zero-order valence-electron chi connectivity index (χ0n) is 17.8. The van der Waals surface area contributed by atoms with E-state index < -0.39 is 0 Å². The van der Waals surface area contributed by atoms with Gasteiger partial charge in [-0.05, 0) is 73.2 Å². The van der Waals surface area contributed by atoms with Crippen LogP contribution in [0, 0.1) is 11.8 Å². The summed E-state index contributed by atoms with van der Waals surface area (Å²) in [6, 6.07) is 16.3. The predicted molar refractivity (Wildman–Crippen MR) is 120 cm³/mol. The van der Waals surface area contributed by atoms with Crippen molar-refractivity contribution in [3.05, 3.63) is 48.5 Å². The molecule has 2 aromatic rings. The van der Waals surface area contributed by atoms with Crippen LogP contribution in [0.1, 0.15) is 40.5 Å². The van der Waals surface area contributed by atoms with Crippen LogP contribution in [0.15, 0.2) is 48.5 Å². The molecule has 0 heterocycles. The van der Waals surface area contributed by atoms with Crippen LogP contribution in [0.3, 0.4) is 0 Å². The number of hydrogen-bond donors (Lipinski definition) is 2. The zero-order valence-corrected chi connectivity index (χ0v) is 17.8. The minimum Gasteiger partial charge on any atom is -0.494 e. The number of benzene rings is 2. The summed E-state index contributed by atoms with van der Waals surface area (Å²) in [5.41, 5.74) is 2.21. The highest BCUT2D eigenvalue weighted by Gasteiger charge is 1.99. The van der Waals surface area contributed by atoms with Crippen molar-refractivity contribution in [2.24, 2.45) is 11.8 Å². The third-order valence-corrected chi connectivity index (χ3v) is 4.42. The van der Waals surface area contributed by atoms with E-state index in [1.165, 1.54) is 0 Å². The van der Waals surface area contributed by atoms with Crippen molar-refractivity contribution >= 4 is 11.4 Å². The molecule has 4 nitrogen and oxygen atoms in total. The number of ether oxygens (including phenoxy) is 2. The van der Waals surface area contributed by atoms with E-state index in [1.807, 2.05) is 24.3 Å². The number of anilines is 2. The first-order valence-corrected chi connectivity index (χ1v) is 10.5. The van der Waals surface area contributed by atoms with Crippen molar-refractivity contribution in [3.8, 4) is 11.5 Å². The Balaban J connectivity index is 1.63. The van der Waals surface area contributed by atoms with Gasteiger partial charge in [0.15, 0.2) is 0 Å². The lowest BCUT2D eigenvalue weighted by molar-refractivity contribution is 0.289. The van der Waals surface area contributed by atoms with E-state index >= 15 is 0 Å². The molecule has 0 fully saturated rings. The lowest BCUT2D eigenvalue weighted by atomic mass is 10.1. The van der Waals surface area contributed by atoms with E-state index in [4.69, 9.17) is 9.47 Å². The van der Waals surface area contributed by atoms with Gasteiger partial charge in [-0.25, -0.2) is 0 Å². The second-order valence-corrected chi connectivity index (χ2v) is 7.96. The maximum Gasteiger partial charge on any atom is 0.119 e. The van der Waals surface area contributed by atoms with Crippen LogP contribution in [0.25, 0.3) is 0 Å². The molecule has 0 saturated carbocycles. The molecule has 0 aromatic heterocycles. The summed E-state index contributed by atoms with van der Waals surface area (Å²) >= 11 is 0. The summed E-state index contributed by atoms with van der Waals surface area (Å²) in [6.07, 6.45) is 2.16. The Morgan fingerprint density at radius 1 is 0.607 bits per heavy atom. The SMILES string of the molecule is CC(C)CCOc1ccc(NCCNc2ccc(OCCC(C)C)cc2)cc1. The molecule has 0 saturated heterocycles. The van der Waals surface area contributed by atoms with Gasteiger partial charge < -0.3 is 20.1 Å². The predicted octanol–water partition coefficient (Wildman–Crippen LogP) is 6.06. The molecule has 0 aliphatic carbocycles. The summed E-state index contributed by atoms with van der Waals surface area (Å²) in [7, 11) is 0. The molecule has 0 bridgehead atoms. The molecule has 2 aromatic carbocycles. The molecule has 4 heteroatoms. The molecular formula is C24H36N2O2. The second-order valence-electron chi connectivity index (χ2n) is 7.96. The Bertz CT molecular complexity index is 592. The lowest BCUT2D eigenvalue weighted by Gasteiger charge is -2.12. The Hall–Kier alpha value is -2.36. The monoisotopic (exact) mass is 384 g/mol. The van der Waals surface area contributed by atoms with Gasteiger partial charge in [0.25, 0.3) is 0 Å². The van der Waals surface area contributed by atoms with Crippen LogP contribution in [0.2, 0.25) is 0 Å². The van der Waals surface area contributed by atoms with Gasteiger partial charge in [-0.2, -0.15) is 0 Å². The molecule has 0 aliphatic rings. The topological polar surface area (TPSA) is 42.5 Å². The van der Waals surface area contributed by atoms with Gasteiger partial charge in [0, 0.05) is 24.5 Å².